The largest absolute Gasteiger partial charge is 0.456 e. The zero-order valence-corrected chi connectivity index (χ0v) is 15.8. The molecule has 1 aromatic rings. The van der Waals surface area contributed by atoms with E-state index in [1.165, 1.54) is 38.5 Å². The number of anilines is 1. The predicted molar refractivity (Wildman–Crippen MR) is 101 cm³/mol. The highest BCUT2D eigenvalue weighted by atomic mass is 16.5. The van der Waals surface area contributed by atoms with Gasteiger partial charge in [-0.05, 0) is 98.8 Å². The van der Waals surface area contributed by atoms with Gasteiger partial charge in [0.15, 0.2) is 6.61 Å². The van der Waals surface area contributed by atoms with Gasteiger partial charge >= 0.3 is 5.97 Å². The molecule has 0 radical (unpaired) electrons. The molecule has 4 aliphatic rings. The molecule has 1 amide bonds. The smallest absolute Gasteiger partial charge is 0.306 e. The topological polar surface area (TPSA) is 55.4 Å². The first-order valence-corrected chi connectivity index (χ1v) is 9.93. The molecule has 1 aromatic carbocycles. The normalized spacial score (nSPS) is 31.7. The molecule has 4 bridgehead atoms. The van der Waals surface area contributed by atoms with E-state index in [9.17, 15) is 9.59 Å². The van der Waals surface area contributed by atoms with Crippen molar-refractivity contribution in [2.75, 3.05) is 11.9 Å². The van der Waals surface area contributed by atoms with E-state index in [0.717, 1.165) is 34.6 Å². The minimum Gasteiger partial charge on any atom is -0.456 e. The number of carbonyl (C=O) groups is 2. The van der Waals surface area contributed by atoms with E-state index >= 15 is 0 Å². The van der Waals surface area contributed by atoms with Crippen LogP contribution in [0.5, 0.6) is 0 Å². The van der Waals surface area contributed by atoms with Crippen LogP contribution in [-0.2, 0) is 14.3 Å². The van der Waals surface area contributed by atoms with E-state index in [4.69, 9.17) is 4.74 Å². The first-order valence-electron chi connectivity index (χ1n) is 9.93. The Kier molecular flexibility index (Phi) is 4.54. The second-order valence-electron chi connectivity index (χ2n) is 9.18. The Labute approximate surface area is 155 Å². The van der Waals surface area contributed by atoms with Gasteiger partial charge in [-0.3, -0.25) is 9.59 Å². The van der Waals surface area contributed by atoms with Crippen LogP contribution >= 0.6 is 0 Å². The molecule has 4 saturated carbocycles. The third kappa shape index (κ3) is 3.79. The standard InChI is InChI=1S/C22H29NO3/c1-14-3-15(2)5-19(4-14)23-20(24)13-26-21(25)12-22-9-16-6-17(10-22)8-18(7-16)11-22/h3-5,16-18H,6-13H2,1-2H3,(H,23,24). The Hall–Kier alpha value is -1.84. The van der Waals surface area contributed by atoms with Crippen molar-refractivity contribution in [2.24, 2.45) is 23.2 Å². The molecule has 1 N–H and O–H groups in total. The molecule has 4 aliphatic carbocycles. The van der Waals surface area contributed by atoms with Crippen LogP contribution in [0.15, 0.2) is 18.2 Å². The molecule has 0 saturated heterocycles. The first kappa shape index (κ1) is 17.6. The van der Waals surface area contributed by atoms with Crippen LogP contribution in [0.2, 0.25) is 0 Å². The lowest BCUT2D eigenvalue weighted by molar-refractivity contribution is -0.154. The first-order chi connectivity index (χ1) is 12.4. The number of hydrogen-bond acceptors (Lipinski definition) is 3. The average molecular weight is 355 g/mol. The van der Waals surface area contributed by atoms with Crippen molar-refractivity contribution in [3.05, 3.63) is 29.3 Å². The van der Waals surface area contributed by atoms with Crippen molar-refractivity contribution < 1.29 is 14.3 Å². The third-order valence-corrected chi connectivity index (χ3v) is 6.55. The van der Waals surface area contributed by atoms with E-state index in [1.807, 2.05) is 26.0 Å². The van der Waals surface area contributed by atoms with Gasteiger partial charge in [0.25, 0.3) is 5.91 Å². The summed E-state index contributed by atoms with van der Waals surface area (Å²) in [5.41, 5.74) is 3.11. The molecule has 4 fully saturated rings. The van der Waals surface area contributed by atoms with E-state index in [0.29, 0.717) is 6.42 Å². The molecule has 0 aliphatic heterocycles. The van der Waals surface area contributed by atoms with Crippen LogP contribution in [0.4, 0.5) is 5.69 Å². The summed E-state index contributed by atoms with van der Waals surface area (Å²) in [6.07, 6.45) is 8.15. The number of hydrogen-bond donors (Lipinski definition) is 1. The number of carbonyl (C=O) groups excluding carboxylic acids is 2. The maximum Gasteiger partial charge on any atom is 0.306 e. The average Bonchev–Trinajstić information content (AvgIpc) is 2.50. The Morgan fingerprint density at radius 2 is 1.54 bits per heavy atom. The zero-order chi connectivity index (χ0) is 18.3. The molecule has 4 nitrogen and oxygen atoms in total. The number of esters is 1. The summed E-state index contributed by atoms with van der Waals surface area (Å²) in [7, 11) is 0. The molecule has 0 spiro atoms. The summed E-state index contributed by atoms with van der Waals surface area (Å²) in [5, 5.41) is 2.82. The van der Waals surface area contributed by atoms with Crippen molar-refractivity contribution in [1.82, 2.24) is 0 Å². The monoisotopic (exact) mass is 355 g/mol. The van der Waals surface area contributed by atoms with Gasteiger partial charge in [0.1, 0.15) is 0 Å². The molecule has 26 heavy (non-hydrogen) atoms. The Bertz CT molecular complexity index is 669. The molecule has 0 aromatic heterocycles. The Balaban J connectivity index is 1.28. The Morgan fingerprint density at radius 1 is 1.00 bits per heavy atom. The highest BCUT2D eigenvalue weighted by molar-refractivity contribution is 5.93. The number of nitrogens with one attached hydrogen (secondary N) is 1. The van der Waals surface area contributed by atoms with Crippen LogP contribution in [0, 0.1) is 37.0 Å². The SMILES string of the molecule is Cc1cc(C)cc(NC(=O)COC(=O)CC23CC4CC(CC(C4)C2)C3)c1. The van der Waals surface area contributed by atoms with Crippen LogP contribution in [0.25, 0.3) is 0 Å². The lowest BCUT2D eigenvalue weighted by Gasteiger charge is -2.56. The van der Waals surface area contributed by atoms with Crippen molar-refractivity contribution in [3.63, 3.8) is 0 Å². The molecule has 4 heteroatoms. The van der Waals surface area contributed by atoms with Gasteiger partial charge in [-0.25, -0.2) is 0 Å². The number of amides is 1. The van der Waals surface area contributed by atoms with Gasteiger partial charge in [0, 0.05) is 5.69 Å². The zero-order valence-electron chi connectivity index (χ0n) is 15.8. The molecule has 5 rings (SSSR count). The van der Waals surface area contributed by atoms with Gasteiger partial charge in [0.2, 0.25) is 0 Å². The van der Waals surface area contributed by atoms with Crippen molar-refractivity contribution in [2.45, 2.75) is 58.8 Å². The summed E-state index contributed by atoms with van der Waals surface area (Å²) in [4.78, 5) is 24.5. The lowest BCUT2D eigenvalue weighted by Crippen LogP contribution is -2.47. The summed E-state index contributed by atoms with van der Waals surface area (Å²) in [6.45, 7) is 3.79. The molecular formula is C22H29NO3. The fourth-order valence-corrected chi connectivity index (χ4v) is 6.25. The molecule has 140 valence electrons. The molecule has 0 atom stereocenters. The van der Waals surface area contributed by atoms with Crippen molar-refractivity contribution in [3.8, 4) is 0 Å². The second-order valence-corrected chi connectivity index (χ2v) is 9.18. The van der Waals surface area contributed by atoms with Crippen LogP contribution in [0.1, 0.15) is 56.1 Å². The highest BCUT2D eigenvalue weighted by Gasteiger charge is 2.51. The van der Waals surface area contributed by atoms with E-state index in [1.54, 1.807) is 0 Å². The number of benzene rings is 1. The van der Waals surface area contributed by atoms with Gasteiger partial charge < -0.3 is 10.1 Å². The maximum atomic E-state index is 12.4. The summed E-state index contributed by atoms with van der Waals surface area (Å²) >= 11 is 0. The van der Waals surface area contributed by atoms with Gasteiger partial charge in [-0.1, -0.05) is 6.07 Å². The summed E-state index contributed by atoms with van der Waals surface area (Å²) in [5.74, 6) is 1.99. The third-order valence-electron chi connectivity index (χ3n) is 6.55. The fourth-order valence-electron chi connectivity index (χ4n) is 6.25. The van der Waals surface area contributed by atoms with Gasteiger partial charge in [-0.15, -0.1) is 0 Å². The molecule has 0 unspecified atom stereocenters. The number of aryl methyl sites for hydroxylation is 2. The van der Waals surface area contributed by atoms with Crippen molar-refractivity contribution >= 4 is 17.6 Å². The predicted octanol–water partition coefficient (Wildman–Crippen LogP) is 4.39. The number of ether oxygens (including phenoxy) is 1. The Morgan fingerprint density at radius 3 is 2.08 bits per heavy atom. The summed E-state index contributed by atoms with van der Waals surface area (Å²) < 4.78 is 5.32. The maximum absolute atomic E-state index is 12.4. The molecular weight excluding hydrogens is 326 g/mol. The van der Waals surface area contributed by atoms with Gasteiger partial charge in [0.05, 0.1) is 6.42 Å². The fraction of sp³-hybridized carbons (Fsp3) is 0.636. The van der Waals surface area contributed by atoms with Crippen LogP contribution < -0.4 is 5.32 Å². The lowest BCUT2D eigenvalue weighted by atomic mass is 9.49. The number of rotatable bonds is 5. The minimum absolute atomic E-state index is 0.163. The second kappa shape index (κ2) is 6.71. The molecule has 0 heterocycles. The van der Waals surface area contributed by atoms with E-state index < -0.39 is 0 Å². The highest BCUT2D eigenvalue weighted by Crippen LogP contribution is 2.61. The minimum atomic E-state index is -0.270. The van der Waals surface area contributed by atoms with Crippen molar-refractivity contribution in [1.29, 1.82) is 0 Å². The van der Waals surface area contributed by atoms with Crippen LogP contribution in [-0.4, -0.2) is 18.5 Å². The van der Waals surface area contributed by atoms with E-state index in [2.05, 4.69) is 11.4 Å². The summed E-state index contributed by atoms with van der Waals surface area (Å²) in [6, 6.07) is 5.89. The quantitative estimate of drug-likeness (QED) is 0.797. The van der Waals surface area contributed by atoms with E-state index in [-0.39, 0.29) is 23.9 Å². The van der Waals surface area contributed by atoms with Crippen LogP contribution in [0.3, 0.4) is 0 Å². The van der Waals surface area contributed by atoms with Gasteiger partial charge in [-0.2, -0.15) is 0 Å².